The maximum atomic E-state index is 12.5. The fraction of sp³-hybridized carbons (Fsp3) is 0.407. The number of aromatic nitrogens is 2. The van der Waals surface area contributed by atoms with Gasteiger partial charge in [0.15, 0.2) is 0 Å². The van der Waals surface area contributed by atoms with Crippen molar-refractivity contribution in [3.8, 4) is 11.4 Å². The molecule has 0 atom stereocenters. The summed E-state index contributed by atoms with van der Waals surface area (Å²) in [5.74, 6) is 0.764. The molecule has 2 heterocycles. The van der Waals surface area contributed by atoms with Gasteiger partial charge in [0.1, 0.15) is 11.9 Å². The second-order valence-electron chi connectivity index (χ2n) is 9.13. The van der Waals surface area contributed by atoms with E-state index in [-0.39, 0.29) is 12.0 Å². The SMILES string of the molecule is O=C(NCc1ccccc1)c1cnn(-c2ccc(OC3CCN(C4CCCC4)CC3)cc2)c1. The zero-order chi connectivity index (χ0) is 22.5. The van der Waals surface area contributed by atoms with Crippen molar-refractivity contribution in [1.29, 1.82) is 0 Å². The molecule has 5 rings (SSSR count). The Morgan fingerprint density at radius 3 is 2.42 bits per heavy atom. The highest BCUT2D eigenvalue weighted by molar-refractivity contribution is 5.93. The van der Waals surface area contributed by atoms with Gasteiger partial charge in [-0.05, 0) is 55.5 Å². The van der Waals surface area contributed by atoms with Crippen LogP contribution in [0.15, 0.2) is 67.0 Å². The molecular weight excluding hydrogens is 412 g/mol. The van der Waals surface area contributed by atoms with Crippen LogP contribution in [0.4, 0.5) is 0 Å². The third-order valence-corrected chi connectivity index (χ3v) is 6.86. The van der Waals surface area contributed by atoms with Crippen LogP contribution in [0, 0.1) is 0 Å². The largest absolute Gasteiger partial charge is 0.490 e. The molecule has 3 aromatic rings. The van der Waals surface area contributed by atoms with Crippen molar-refractivity contribution in [1.82, 2.24) is 20.0 Å². The number of hydrogen-bond acceptors (Lipinski definition) is 4. The van der Waals surface area contributed by atoms with Gasteiger partial charge in [-0.1, -0.05) is 43.2 Å². The van der Waals surface area contributed by atoms with E-state index >= 15 is 0 Å². The van der Waals surface area contributed by atoms with Crippen molar-refractivity contribution in [3.05, 3.63) is 78.1 Å². The Kier molecular flexibility index (Phi) is 6.72. The molecule has 2 fully saturated rings. The summed E-state index contributed by atoms with van der Waals surface area (Å²) in [6.45, 7) is 2.79. The quantitative estimate of drug-likeness (QED) is 0.579. The molecule has 0 spiro atoms. The van der Waals surface area contributed by atoms with Crippen LogP contribution >= 0.6 is 0 Å². The average Bonchev–Trinajstić information content (AvgIpc) is 3.57. The van der Waals surface area contributed by atoms with Gasteiger partial charge in [0.05, 0.1) is 17.4 Å². The first-order valence-electron chi connectivity index (χ1n) is 12.1. The minimum atomic E-state index is -0.131. The van der Waals surface area contributed by atoms with Gasteiger partial charge in [-0.15, -0.1) is 0 Å². The number of ether oxygens (including phenoxy) is 1. The Bertz CT molecular complexity index is 1030. The van der Waals surface area contributed by atoms with Crippen molar-refractivity contribution < 1.29 is 9.53 Å². The fourth-order valence-electron chi connectivity index (χ4n) is 4.96. The highest BCUT2D eigenvalue weighted by Gasteiger charge is 2.27. The summed E-state index contributed by atoms with van der Waals surface area (Å²) in [5, 5.41) is 7.30. The second kappa shape index (κ2) is 10.2. The van der Waals surface area contributed by atoms with Gasteiger partial charge in [0.25, 0.3) is 5.91 Å². The molecule has 1 N–H and O–H groups in total. The van der Waals surface area contributed by atoms with E-state index in [4.69, 9.17) is 4.74 Å². The first-order valence-corrected chi connectivity index (χ1v) is 12.1. The highest BCUT2D eigenvalue weighted by Crippen LogP contribution is 2.27. The first kappa shape index (κ1) is 21.7. The van der Waals surface area contributed by atoms with Crippen LogP contribution in [-0.4, -0.2) is 45.8 Å². The number of benzene rings is 2. The summed E-state index contributed by atoms with van der Waals surface area (Å²) in [4.78, 5) is 15.1. The zero-order valence-corrected chi connectivity index (χ0v) is 19.0. The molecule has 1 saturated heterocycles. The number of rotatable bonds is 7. The molecule has 172 valence electrons. The van der Waals surface area contributed by atoms with E-state index in [0.717, 1.165) is 49.0 Å². The number of carbonyl (C=O) groups is 1. The minimum Gasteiger partial charge on any atom is -0.490 e. The van der Waals surface area contributed by atoms with Crippen LogP contribution in [0.25, 0.3) is 5.69 Å². The molecule has 6 nitrogen and oxygen atoms in total. The van der Waals surface area contributed by atoms with Crippen LogP contribution in [0.2, 0.25) is 0 Å². The lowest BCUT2D eigenvalue weighted by molar-refractivity contribution is 0.0768. The maximum absolute atomic E-state index is 12.5. The standard InChI is InChI=1S/C27H32N4O2/c32-27(28-18-21-6-2-1-3-7-21)22-19-29-31(20-22)24-10-12-25(13-11-24)33-26-14-16-30(17-15-26)23-8-4-5-9-23/h1-3,6-7,10-13,19-20,23,26H,4-5,8-9,14-18H2,(H,28,32). The number of carbonyl (C=O) groups excluding carboxylic acids is 1. The Labute approximate surface area is 195 Å². The summed E-state index contributed by atoms with van der Waals surface area (Å²) in [7, 11) is 0. The van der Waals surface area contributed by atoms with Gasteiger partial charge in [-0.3, -0.25) is 4.79 Å². The number of hydrogen-bond donors (Lipinski definition) is 1. The Hall–Kier alpha value is -3.12. The molecule has 1 amide bonds. The third kappa shape index (κ3) is 5.45. The number of amides is 1. The predicted octanol–water partition coefficient (Wildman–Crippen LogP) is 4.59. The monoisotopic (exact) mass is 444 g/mol. The first-order chi connectivity index (χ1) is 16.2. The van der Waals surface area contributed by atoms with E-state index in [1.807, 2.05) is 54.6 Å². The number of nitrogens with zero attached hydrogens (tertiary/aromatic N) is 3. The molecule has 2 aliphatic rings. The number of piperidine rings is 1. The summed E-state index contributed by atoms with van der Waals surface area (Å²) < 4.78 is 7.98. The summed E-state index contributed by atoms with van der Waals surface area (Å²) in [5.41, 5.74) is 2.51. The lowest BCUT2D eigenvalue weighted by Gasteiger charge is -2.36. The van der Waals surface area contributed by atoms with E-state index in [2.05, 4.69) is 15.3 Å². The summed E-state index contributed by atoms with van der Waals surface area (Å²) in [6, 6.07) is 18.7. The van der Waals surface area contributed by atoms with Crippen molar-refractivity contribution in [2.24, 2.45) is 0 Å². The topological polar surface area (TPSA) is 59.4 Å². The van der Waals surface area contributed by atoms with Crippen LogP contribution in [-0.2, 0) is 6.54 Å². The van der Waals surface area contributed by atoms with E-state index < -0.39 is 0 Å². The molecule has 1 saturated carbocycles. The van der Waals surface area contributed by atoms with Gasteiger partial charge in [-0.25, -0.2) is 4.68 Å². The van der Waals surface area contributed by atoms with Gasteiger partial charge >= 0.3 is 0 Å². The molecule has 1 aliphatic carbocycles. The van der Waals surface area contributed by atoms with Crippen molar-refractivity contribution >= 4 is 5.91 Å². The Morgan fingerprint density at radius 2 is 1.70 bits per heavy atom. The van der Waals surface area contributed by atoms with E-state index in [0.29, 0.717) is 12.1 Å². The molecule has 0 unspecified atom stereocenters. The number of nitrogens with one attached hydrogen (secondary N) is 1. The zero-order valence-electron chi connectivity index (χ0n) is 19.0. The average molecular weight is 445 g/mol. The molecule has 0 bridgehead atoms. The minimum absolute atomic E-state index is 0.131. The summed E-state index contributed by atoms with van der Waals surface area (Å²) >= 11 is 0. The molecule has 33 heavy (non-hydrogen) atoms. The van der Waals surface area contributed by atoms with Crippen LogP contribution in [0.1, 0.15) is 54.4 Å². The maximum Gasteiger partial charge on any atom is 0.254 e. The second-order valence-corrected chi connectivity index (χ2v) is 9.13. The van der Waals surface area contributed by atoms with Crippen molar-refractivity contribution in [2.75, 3.05) is 13.1 Å². The molecule has 2 aromatic carbocycles. The van der Waals surface area contributed by atoms with Gasteiger partial charge in [0.2, 0.25) is 0 Å². The third-order valence-electron chi connectivity index (χ3n) is 6.86. The summed E-state index contributed by atoms with van der Waals surface area (Å²) in [6.07, 6.45) is 11.4. The highest BCUT2D eigenvalue weighted by atomic mass is 16.5. The Balaban J connectivity index is 1.12. The van der Waals surface area contributed by atoms with E-state index in [1.165, 1.54) is 25.7 Å². The van der Waals surface area contributed by atoms with Crippen LogP contribution < -0.4 is 10.1 Å². The molecular formula is C27H32N4O2. The smallest absolute Gasteiger partial charge is 0.254 e. The van der Waals surface area contributed by atoms with E-state index in [9.17, 15) is 4.79 Å². The molecule has 0 radical (unpaired) electrons. The lowest BCUT2D eigenvalue weighted by Crippen LogP contribution is -2.43. The molecule has 6 heteroatoms. The fourth-order valence-corrected chi connectivity index (χ4v) is 4.96. The van der Waals surface area contributed by atoms with Gasteiger partial charge in [-0.2, -0.15) is 5.10 Å². The van der Waals surface area contributed by atoms with Crippen molar-refractivity contribution in [2.45, 2.75) is 57.2 Å². The van der Waals surface area contributed by atoms with Crippen molar-refractivity contribution in [3.63, 3.8) is 0 Å². The number of likely N-dealkylation sites (tertiary alicyclic amines) is 1. The van der Waals surface area contributed by atoms with Crippen LogP contribution in [0.5, 0.6) is 5.75 Å². The predicted molar refractivity (Wildman–Crippen MR) is 129 cm³/mol. The lowest BCUT2D eigenvalue weighted by atomic mass is 10.0. The molecule has 1 aliphatic heterocycles. The Morgan fingerprint density at radius 1 is 0.970 bits per heavy atom. The molecule has 1 aromatic heterocycles. The van der Waals surface area contributed by atoms with Crippen LogP contribution in [0.3, 0.4) is 0 Å². The normalized spacial score (nSPS) is 17.8. The van der Waals surface area contributed by atoms with E-state index in [1.54, 1.807) is 17.1 Å². The van der Waals surface area contributed by atoms with Gasteiger partial charge < -0.3 is 15.0 Å². The van der Waals surface area contributed by atoms with Gasteiger partial charge in [0, 0.05) is 31.9 Å².